The Balaban J connectivity index is 2.65. The van der Waals surface area contributed by atoms with Gasteiger partial charge in [0.1, 0.15) is 0 Å². The number of carboxylic acids is 1. The lowest BCUT2D eigenvalue weighted by atomic mass is 10.2. The van der Waals surface area contributed by atoms with E-state index >= 15 is 0 Å². The summed E-state index contributed by atoms with van der Waals surface area (Å²) in [5.74, 6) is -1.24. The predicted molar refractivity (Wildman–Crippen MR) is 74.8 cm³/mol. The number of rotatable bonds is 6. The molecule has 0 heterocycles. The summed E-state index contributed by atoms with van der Waals surface area (Å²) in [7, 11) is 0. The molecule has 1 aromatic carbocycles. The van der Waals surface area contributed by atoms with Gasteiger partial charge in [0.05, 0.1) is 10.6 Å². The molecular weight excluding hydrogens is 268 g/mol. The topological polar surface area (TPSA) is 78.4 Å². The highest BCUT2D eigenvalue weighted by molar-refractivity contribution is 6.33. The summed E-state index contributed by atoms with van der Waals surface area (Å²) in [6.45, 7) is 4.69. The predicted octanol–water partition coefficient (Wildman–Crippen LogP) is 2.36. The third kappa shape index (κ3) is 4.89. The van der Waals surface area contributed by atoms with Crippen LogP contribution in [0.5, 0.6) is 0 Å². The first kappa shape index (κ1) is 15.5. The standard InChI is InChI=1S/C13H17ClN2O3/c1-3-15-8(2)6-12(17)16-9-4-5-10(13(18)19)11(14)7-9/h4-5,7-8,15H,3,6H2,1-2H3,(H,16,17)(H,18,19). The second kappa shape index (κ2) is 7.11. The van der Waals surface area contributed by atoms with Crippen molar-refractivity contribution in [3.8, 4) is 0 Å². The minimum Gasteiger partial charge on any atom is -0.478 e. The van der Waals surface area contributed by atoms with Crippen molar-refractivity contribution in [1.29, 1.82) is 0 Å². The summed E-state index contributed by atoms with van der Waals surface area (Å²) in [4.78, 5) is 22.5. The Kier molecular flexibility index (Phi) is 5.79. The van der Waals surface area contributed by atoms with E-state index in [1.165, 1.54) is 18.2 Å². The van der Waals surface area contributed by atoms with Gasteiger partial charge in [-0.3, -0.25) is 4.79 Å². The van der Waals surface area contributed by atoms with E-state index in [1.807, 2.05) is 13.8 Å². The van der Waals surface area contributed by atoms with Crippen molar-refractivity contribution in [3.63, 3.8) is 0 Å². The summed E-state index contributed by atoms with van der Waals surface area (Å²) in [5, 5.41) is 14.8. The average molecular weight is 285 g/mol. The van der Waals surface area contributed by atoms with Crippen molar-refractivity contribution in [1.82, 2.24) is 5.32 Å². The Labute approximate surface area is 117 Å². The zero-order valence-electron chi connectivity index (χ0n) is 10.9. The van der Waals surface area contributed by atoms with Crippen molar-refractivity contribution in [2.75, 3.05) is 11.9 Å². The van der Waals surface area contributed by atoms with Crippen LogP contribution in [0.3, 0.4) is 0 Å². The van der Waals surface area contributed by atoms with Crippen molar-refractivity contribution < 1.29 is 14.7 Å². The van der Waals surface area contributed by atoms with Crippen molar-refractivity contribution in [3.05, 3.63) is 28.8 Å². The quantitative estimate of drug-likeness (QED) is 0.749. The Bertz CT molecular complexity index is 477. The molecular formula is C13H17ClN2O3. The molecule has 0 bridgehead atoms. The minimum absolute atomic E-state index is 0.0145. The van der Waals surface area contributed by atoms with E-state index in [0.717, 1.165) is 6.54 Å². The van der Waals surface area contributed by atoms with Crippen LogP contribution in [-0.4, -0.2) is 29.6 Å². The van der Waals surface area contributed by atoms with Crippen LogP contribution < -0.4 is 10.6 Å². The van der Waals surface area contributed by atoms with Gasteiger partial charge in [0, 0.05) is 18.2 Å². The number of aromatic carboxylic acids is 1. The highest BCUT2D eigenvalue weighted by atomic mass is 35.5. The number of amides is 1. The number of hydrogen-bond acceptors (Lipinski definition) is 3. The Hall–Kier alpha value is -1.59. The number of hydrogen-bond donors (Lipinski definition) is 3. The summed E-state index contributed by atoms with van der Waals surface area (Å²) in [6, 6.07) is 4.40. The zero-order chi connectivity index (χ0) is 14.4. The van der Waals surface area contributed by atoms with E-state index in [9.17, 15) is 9.59 Å². The van der Waals surface area contributed by atoms with Gasteiger partial charge < -0.3 is 15.7 Å². The van der Waals surface area contributed by atoms with Gasteiger partial charge in [-0.1, -0.05) is 18.5 Å². The van der Waals surface area contributed by atoms with Gasteiger partial charge in [-0.05, 0) is 31.7 Å². The monoisotopic (exact) mass is 284 g/mol. The maximum absolute atomic E-state index is 11.7. The van der Waals surface area contributed by atoms with E-state index in [0.29, 0.717) is 12.1 Å². The number of nitrogens with one attached hydrogen (secondary N) is 2. The smallest absolute Gasteiger partial charge is 0.337 e. The van der Waals surface area contributed by atoms with E-state index in [1.54, 1.807) is 0 Å². The van der Waals surface area contributed by atoms with E-state index in [2.05, 4.69) is 10.6 Å². The fraction of sp³-hybridized carbons (Fsp3) is 0.385. The highest BCUT2D eigenvalue weighted by Crippen LogP contribution is 2.21. The van der Waals surface area contributed by atoms with Gasteiger partial charge in [0.25, 0.3) is 0 Å². The largest absolute Gasteiger partial charge is 0.478 e. The molecule has 1 unspecified atom stereocenters. The molecule has 0 aliphatic heterocycles. The first-order valence-electron chi connectivity index (χ1n) is 6.00. The normalized spacial score (nSPS) is 11.9. The SMILES string of the molecule is CCNC(C)CC(=O)Nc1ccc(C(=O)O)c(Cl)c1. The van der Waals surface area contributed by atoms with Gasteiger partial charge in [0.15, 0.2) is 0 Å². The highest BCUT2D eigenvalue weighted by Gasteiger charge is 2.11. The number of benzene rings is 1. The number of carbonyl (C=O) groups is 2. The van der Waals surface area contributed by atoms with Crippen LogP contribution in [0.25, 0.3) is 0 Å². The molecule has 6 heteroatoms. The van der Waals surface area contributed by atoms with Gasteiger partial charge >= 0.3 is 5.97 Å². The number of halogens is 1. The molecule has 0 fully saturated rings. The third-order valence-electron chi connectivity index (χ3n) is 2.53. The number of carboxylic acid groups (broad SMARTS) is 1. The lowest BCUT2D eigenvalue weighted by Gasteiger charge is -2.12. The molecule has 0 spiro atoms. The van der Waals surface area contributed by atoms with E-state index in [-0.39, 0.29) is 22.5 Å². The van der Waals surface area contributed by atoms with Gasteiger partial charge in [-0.25, -0.2) is 4.79 Å². The van der Waals surface area contributed by atoms with Crippen molar-refractivity contribution >= 4 is 29.2 Å². The molecule has 19 heavy (non-hydrogen) atoms. The molecule has 104 valence electrons. The van der Waals surface area contributed by atoms with Crippen LogP contribution >= 0.6 is 11.6 Å². The number of carbonyl (C=O) groups excluding carboxylic acids is 1. The van der Waals surface area contributed by atoms with Crippen LogP contribution in [0.15, 0.2) is 18.2 Å². The molecule has 0 saturated heterocycles. The van der Waals surface area contributed by atoms with Crippen LogP contribution in [0.1, 0.15) is 30.6 Å². The molecule has 1 rings (SSSR count). The van der Waals surface area contributed by atoms with Crippen LogP contribution in [0, 0.1) is 0 Å². The van der Waals surface area contributed by atoms with Gasteiger partial charge in [0.2, 0.25) is 5.91 Å². The Morgan fingerprint density at radius 2 is 2.11 bits per heavy atom. The van der Waals surface area contributed by atoms with Crippen molar-refractivity contribution in [2.24, 2.45) is 0 Å². The molecule has 1 atom stereocenters. The molecule has 1 amide bonds. The van der Waals surface area contributed by atoms with Crippen LogP contribution in [0.4, 0.5) is 5.69 Å². The fourth-order valence-electron chi connectivity index (χ4n) is 1.68. The van der Waals surface area contributed by atoms with Gasteiger partial charge in [-0.2, -0.15) is 0 Å². The lowest BCUT2D eigenvalue weighted by molar-refractivity contribution is -0.116. The minimum atomic E-state index is -1.09. The fourth-order valence-corrected chi connectivity index (χ4v) is 1.94. The molecule has 0 aliphatic rings. The molecule has 3 N–H and O–H groups in total. The summed E-state index contributed by atoms with van der Waals surface area (Å²) >= 11 is 5.82. The van der Waals surface area contributed by atoms with Crippen LogP contribution in [-0.2, 0) is 4.79 Å². The third-order valence-corrected chi connectivity index (χ3v) is 2.84. The molecule has 0 radical (unpaired) electrons. The first-order chi connectivity index (χ1) is 8.93. The lowest BCUT2D eigenvalue weighted by Crippen LogP contribution is -2.30. The van der Waals surface area contributed by atoms with Crippen LogP contribution in [0.2, 0.25) is 5.02 Å². The summed E-state index contributed by atoms with van der Waals surface area (Å²) < 4.78 is 0. The molecule has 0 saturated carbocycles. The van der Waals surface area contributed by atoms with Crippen molar-refractivity contribution in [2.45, 2.75) is 26.3 Å². The molecule has 0 aliphatic carbocycles. The molecule has 1 aromatic rings. The molecule has 5 nitrogen and oxygen atoms in total. The maximum Gasteiger partial charge on any atom is 0.337 e. The molecule has 0 aromatic heterocycles. The second-order valence-corrected chi connectivity index (χ2v) is 4.62. The Morgan fingerprint density at radius 1 is 1.42 bits per heavy atom. The first-order valence-corrected chi connectivity index (χ1v) is 6.38. The Morgan fingerprint density at radius 3 is 2.63 bits per heavy atom. The van der Waals surface area contributed by atoms with E-state index in [4.69, 9.17) is 16.7 Å². The average Bonchev–Trinajstić information content (AvgIpc) is 2.28. The van der Waals surface area contributed by atoms with E-state index < -0.39 is 5.97 Å². The van der Waals surface area contributed by atoms with Gasteiger partial charge in [-0.15, -0.1) is 0 Å². The number of anilines is 1. The second-order valence-electron chi connectivity index (χ2n) is 4.21. The summed E-state index contributed by atoms with van der Waals surface area (Å²) in [5.41, 5.74) is 0.504. The zero-order valence-corrected chi connectivity index (χ0v) is 11.6. The summed E-state index contributed by atoms with van der Waals surface area (Å²) in [6.07, 6.45) is 0.339. The maximum atomic E-state index is 11.7.